The maximum Gasteiger partial charge on any atom is 0.148 e. The smallest absolute Gasteiger partial charge is 0.0624 e. The van der Waals surface area contributed by atoms with Crippen LogP contribution in [0, 0.1) is 5.92 Å². The summed E-state index contributed by atoms with van der Waals surface area (Å²) in [5.41, 5.74) is 0. The van der Waals surface area contributed by atoms with E-state index in [2.05, 4.69) is 91.0 Å². The molecule has 0 saturated heterocycles. The Kier molecular flexibility index (Phi) is 5.89. The number of hydrogen-bond donors (Lipinski definition) is 0. The van der Waals surface area contributed by atoms with Gasteiger partial charge in [0.2, 0.25) is 0 Å². The Labute approximate surface area is 165 Å². The molecule has 3 aromatic rings. The van der Waals surface area contributed by atoms with Gasteiger partial charge in [-0.2, -0.15) is 0 Å². The molecular formula is C26H30Si. The summed E-state index contributed by atoms with van der Waals surface area (Å²) in [7, 11) is -2.01. The lowest BCUT2D eigenvalue weighted by Gasteiger charge is -2.35. The second-order valence-electron chi connectivity index (χ2n) is 8.05. The van der Waals surface area contributed by atoms with Crippen LogP contribution in [0.15, 0.2) is 91.0 Å². The summed E-state index contributed by atoms with van der Waals surface area (Å²) >= 11 is 0. The van der Waals surface area contributed by atoms with Gasteiger partial charge < -0.3 is 0 Å². The minimum atomic E-state index is -2.01. The summed E-state index contributed by atoms with van der Waals surface area (Å²) in [6.45, 7) is 0. The average Bonchev–Trinajstić information content (AvgIpc) is 2.77. The molecule has 27 heavy (non-hydrogen) atoms. The Morgan fingerprint density at radius 1 is 0.556 bits per heavy atom. The van der Waals surface area contributed by atoms with Gasteiger partial charge in [-0.25, -0.2) is 0 Å². The topological polar surface area (TPSA) is 0 Å². The molecule has 0 heterocycles. The van der Waals surface area contributed by atoms with E-state index in [1.165, 1.54) is 44.6 Å². The molecule has 1 aliphatic carbocycles. The molecule has 0 bridgehead atoms. The average molecular weight is 371 g/mol. The highest BCUT2D eigenvalue weighted by Crippen LogP contribution is 2.29. The highest BCUT2D eigenvalue weighted by Gasteiger charge is 2.39. The van der Waals surface area contributed by atoms with E-state index < -0.39 is 8.07 Å². The molecule has 0 atom stereocenters. The summed E-state index contributed by atoms with van der Waals surface area (Å²) in [5.74, 6) is 0.918. The first kappa shape index (κ1) is 18.2. The fourth-order valence-electron chi connectivity index (χ4n) is 5.00. The zero-order chi connectivity index (χ0) is 18.4. The maximum absolute atomic E-state index is 2.38. The Morgan fingerprint density at radius 3 is 1.37 bits per heavy atom. The third-order valence-corrected chi connectivity index (χ3v) is 11.4. The lowest BCUT2D eigenvalue weighted by molar-refractivity contribution is 0.349. The second-order valence-corrected chi connectivity index (χ2v) is 12.1. The third kappa shape index (κ3) is 3.94. The highest BCUT2D eigenvalue weighted by molar-refractivity contribution is 7.11. The molecule has 138 valence electrons. The molecule has 0 spiro atoms. The molecule has 0 aromatic heterocycles. The van der Waals surface area contributed by atoms with E-state index in [4.69, 9.17) is 0 Å². The van der Waals surface area contributed by atoms with Crippen LogP contribution in [-0.2, 0) is 0 Å². The molecule has 0 N–H and O–H groups in total. The van der Waals surface area contributed by atoms with Crippen LogP contribution in [0.3, 0.4) is 0 Å². The van der Waals surface area contributed by atoms with Crippen LogP contribution in [0.25, 0.3) is 0 Å². The Hall–Kier alpha value is -2.12. The third-order valence-electron chi connectivity index (χ3n) is 6.45. The van der Waals surface area contributed by atoms with E-state index in [9.17, 15) is 0 Å². The summed E-state index contributed by atoms with van der Waals surface area (Å²) in [5, 5.41) is 4.66. The van der Waals surface area contributed by atoms with Gasteiger partial charge in [0.25, 0.3) is 0 Å². The minimum absolute atomic E-state index is 0.918. The van der Waals surface area contributed by atoms with Gasteiger partial charge in [0.1, 0.15) is 8.07 Å². The molecule has 0 unspecified atom stereocenters. The van der Waals surface area contributed by atoms with Crippen molar-refractivity contribution >= 4 is 23.6 Å². The van der Waals surface area contributed by atoms with Crippen LogP contribution in [0.2, 0.25) is 6.04 Å². The highest BCUT2D eigenvalue weighted by atomic mass is 28.3. The van der Waals surface area contributed by atoms with Crippen molar-refractivity contribution in [1.82, 2.24) is 0 Å². The predicted molar refractivity (Wildman–Crippen MR) is 120 cm³/mol. The molecular weight excluding hydrogens is 340 g/mol. The fourth-order valence-corrected chi connectivity index (χ4v) is 9.99. The normalized spacial score (nSPS) is 15.6. The van der Waals surface area contributed by atoms with E-state index in [-0.39, 0.29) is 0 Å². The summed E-state index contributed by atoms with van der Waals surface area (Å²) < 4.78 is 0. The van der Waals surface area contributed by atoms with Gasteiger partial charge in [0, 0.05) is 0 Å². The second kappa shape index (κ2) is 8.71. The van der Waals surface area contributed by atoms with E-state index in [0.29, 0.717) is 0 Å². The first-order valence-electron chi connectivity index (χ1n) is 10.6. The molecule has 0 amide bonds. The molecule has 1 saturated carbocycles. The van der Waals surface area contributed by atoms with E-state index >= 15 is 0 Å². The van der Waals surface area contributed by atoms with Crippen molar-refractivity contribution in [2.45, 2.75) is 44.6 Å². The van der Waals surface area contributed by atoms with Gasteiger partial charge in [-0.1, -0.05) is 130 Å². The van der Waals surface area contributed by atoms with Crippen LogP contribution in [0.1, 0.15) is 38.5 Å². The van der Waals surface area contributed by atoms with Gasteiger partial charge >= 0.3 is 0 Å². The molecule has 4 rings (SSSR count). The largest absolute Gasteiger partial charge is 0.148 e. The fraction of sp³-hybridized carbons (Fsp3) is 0.308. The first-order valence-corrected chi connectivity index (χ1v) is 12.8. The van der Waals surface area contributed by atoms with Crippen LogP contribution < -0.4 is 15.6 Å². The van der Waals surface area contributed by atoms with Crippen molar-refractivity contribution in [3.8, 4) is 0 Å². The minimum Gasteiger partial charge on any atom is -0.0624 e. The summed E-state index contributed by atoms with van der Waals surface area (Å²) in [6.07, 6.45) is 8.54. The Balaban J connectivity index is 1.81. The Bertz CT molecular complexity index is 708. The monoisotopic (exact) mass is 370 g/mol. The number of hydrogen-bond acceptors (Lipinski definition) is 0. The quantitative estimate of drug-likeness (QED) is 0.417. The van der Waals surface area contributed by atoms with Crippen molar-refractivity contribution in [3.63, 3.8) is 0 Å². The van der Waals surface area contributed by atoms with Crippen LogP contribution in [-0.4, -0.2) is 8.07 Å². The molecule has 3 aromatic carbocycles. The van der Waals surface area contributed by atoms with Gasteiger partial charge in [-0.3, -0.25) is 0 Å². The van der Waals surface area contributed by atoms with Gasteiger partial charge in [0.15, 0.2) is 0 Å². The summed E-state index contributed by atoms with van der Waals surface area (Å²) in [6, 6.07) is 35.4. The summed E-state index contributed by atoms with van der Waals surface area (Å²) in [4.78, 5) is 0. The SMILES string of the molecule is c1ccc([Si](CCC2CCCCC2)(c2ccccc2)c2ccccc2)cc1. The van der Waals surface area contributed by atoms with E-state index in [0.717, 1.165) is 5.92 Å². The van der Waals surface area contributed by atoms with Crippen molar-refractivity contribution in [2.24, 2.45) is 5.92 Å². The zero-order valence-corrected chi connectivity index (χ0v) is 17.2. The maximum atomic E-state index is 2.38. The van der Waals surface area contributed by atoms with Crippen molar-refractivity contribution < 1.29 is 0 Å². The lowest BCUT2D eigenvalue weighted by atomic mass is 9.88. The lowest BCUT2D eigenvalue weighted by Crippen LogP contribution is -2.67. The molecule has 1 heteroatoms. The van der Waals surface area contributed by atoms with Crippen molar-refractivity contribution in [3.05, 3.63) is 91.0 Å². The first-order chi connectivity index (χ1) is 13.4. The standard InChI is InChI=1S/C26H30Si/c1-5-13-23(14-6-1)21-22-27(24-15-7-2-8-16-24,25-17-9-3-10-18-25)26-19-11-4-12-20-26/h2-4,7-12,15-20,23H,1,5-6,13-14,21-22H2. The van der Waals surface area contributed by atoms with E-state index in [1.807, 2.05) is 0 Å². The van der Waals surface area contributed by atoms with Gasteiger partial charge in [-0.15, -0.1) is 0 Å². The van der Waals surface area contributed by atoms with Crippen LogP contribution in [0.5, 0.6) is 0 Å². The molecule has 0 aliphatic heterocycles. The predicted octanol–water partition coefficient (Wildman–Crippen LogP) is 5.13. The number of benzene rings is 3. The number of rotatable bonds is 6. The molecule has 0 nitrogen and oxygen atoms in total. The molecule has 1 aliphatic rings. The van der Waals surface area contributed by atoms with Crippen molar-refractivity contribution in [2.75, 3.05) is 0 Å². The van der Waals surface area contributed by atoms with Gasteiger partial charge in [0.05, 0.1) is 0 Å². The van der Waals surface area contributed by atoms with Crippen LogP contribution >= 0.6 is 0 Å². The van der Waals surface area contributed by atoms with Crippen molar-refractivity contribution in [1.29, 1.82) is 0 Å². The molecule has 1 fully saturated rings. The van der Waals surface area contributed by atoms with Gasteiger partial charge in [-0.05, 0) is 27.5 Å². The van der Waals surface area contributed by atoms with Crippen LogP contribution in [0.4, 0.5) is 0 Å². The molecule has 0 radical (unpaired) electrons. The zero-order valence-electron chi connectivity index (χ0n) is 16.2. The Morgan fingerprint density at radius 2 is 0.963 bits per heavy atom. The van der Waals surface area contributed by atoms with E-state index in [1.54, 1.807) is 15.6 Å².